The molecule has 5 heteroatoms. The molecule has 102 valence electrons. The largest absolute Gasteiger partial charge is 0.496 e. The molecule has 1 aliphatic carbocycles. The molecule has 0 saturated carbocycles. The van der Waals surface area contributed by atoms with Crippen LogP contribution in [0.3, 0.4) is 0 Å². The number of methoxy groups -OCH3 is 3. The van der Waals surface area contributed by atoms with Crippen LogP contribution in [-0.2, 0) is 11.2 Å². The molecule has 1 aliphatic rings. The zero-order valence-electron chi connectivity index (χ0n) is 11.1. The fourth-order valence-corrected chi connectivity index (χ4v) is 2.28. The van der Waals surface area contributed by atoms with Crippen molar-refractivity contribution in [1.29, 1.82) is 0 Å². The highest BCUT2D eigenvalue weighted by atomic mass is 16.5. The van der Waals surface area contributed by atoms with Gasteiger partial charge in [0.05, 0.1) is 27.2 Å². The van der Waals surface area contributed by atoms with Crippen molar-refractivity contribution >= 4 is 12.0 Å². The van der Waals surface area contributed by atoms with Crippen molar-refractivity contribution in [3.05, 3.63) is 23.3 Å². The Morgan fingerprint density at radius 3 is 2.42 bits per heavy atom. The van der Waals surface area contributed by atoms with E-state index in [4.69, 9.17) is 19.3 Å². The number of fused-ring (bicyclic) bond motifs is 1. The number of aliphatic carboxylic acids is 1. The van der Waals surface area contributed by atoms with Crippen LogP contribution in [0.5, 0.6) is 17.2 Å². The fraction of sp³-hybridized carbons (Fsp3) is 0.357. The van der Waals surface area contributed by atoms with Crippen LogP contribution in [-0.4, -0.2) is 32.4 Å². The molecule has 0 radical (unpaired) electrons. The lowest BCUT2D eigenvalue weighted by Crippen LogP contribution is -2.18. The Morgan fingerprint density at radius 2 is 1.89 bits per heavy atom. The molecule has 1 unspecified atom stereocenters. The van der Waals surface area contributed by atoms with E-state index in [0.717, 1.165) is 11.1 Å². The molecule has 1 aromatic carbocycles. The van der Waals surface area contributed by atoms with Gasteiger partial charge in [-0.1, -0.05) is 12.2 Å². The Kier molecular flexibility index (Phi) is 3.64. The summed E-state index contributed by atoms with van der Waals surface area (Å²) in [5, 5.41) is 9.11. The van der Waals surface area contributed by atoms with Crippen molar-refractivity contribution in [2.45, 2.75) is 6.42 Å². The van der Waals surface area contributed by atoms with E-state index < -0.39 is 11.9 Å². The Hall–Kier alpha value is -2.17. The summed E-state index contributed by atoms with van der Waals surface area (Å²) in [5.74, 6) is 0.386. The predicted molar refractivity (Wildman–Crippen MR) is 70.0 cm³/mol. The number of carboxylic acid groups (broad SMARTS) is 1. The van der Waals surface area contributed by atoms with Crippen molar-refractivity contribution in [3.63, 3.8) is 0 Å². The highest BCUT2D eigenvalue weighted by molar-refractivity contribution is 5.79. The second-order valence-electron chi connectivity index (χ2n) is 4.21. The van der Waals surface area contributed by atoms with E-state index in [1.165, 1.54) is 0 Å². The maximum atomic E-state index is 11.1. The highest BCUT2D eigenvalue weighted by Crippen LogP contribution is 2.43. The van der Waals surface area contributed by atoms with E-state index in [1.807, 2.05) is 0 Å². The summed E-state index contributed by atoms with van der Waals surface area (Å²) < 4.78 is 15.9. The minimum Gasteiger partial charge on any atom is -0.496 e. The van der Waals surface area contributed by atoms with Gasteiger partial charge in [0.2, 0.25) is 0 Å². The van der Waals surface area contributed by atoms with Gasteiger partial charge in [-0.05, 0) is 6.42 Å². The smallest absolute Gasteiger partial charge is 0.310 e. The summed E-state index contributed by atoms with van der Waals surface area (Å²) in [5.41, 5.74) is 1.64. The van der Waals surface area contributed by atoms with Crippen LogP contribution < -0.4 is 14.2 Å². The summed E-state index contributed by atoms with van der Waals surface area (Å²) in [6.07, 6.45) is 3.79. The zero-order chi connectivity index (χ0) is 14.0. The number of hydrogen-bond acceptors (Lipinski definition) is 4. The van der Waals surface area contributed by atoms with Gasteiger partial charge in [0.25, 0.3) is 0 Å². The van der Waals surface area contributed by atoms with Crippen LogP contribution in [0.4, 0.5) is 0 Å². The lowest BCUT2D eigenvalue weighted by Gasteiger charge is -2.22. The summed E-state index contributed by atoms with van der Waals surface area (Å²) in [7, 11) is 4.66. The minimum atomic E-state index is -0.848. The monoisotopic (exact) mass is 264 g/mol. The third kappa shape index (κ3) is 2.23. The first kappa shape index (κ1) is 13.3. The van der Waals surface area contributed by atoms with Crippen LogP contribution in [0.25, 0.3) is 6.08 Å². The molecule has 5 nitrogen and oxygen atoms in total. The molecule has 0 fully saturated rings. The molecule has 1 N–H and O–H groups in total. The van der Waals surface area contributed by atoms with Gasteiger partial charge in [-0.2, -0.15) is 0 Å². The average Bonchev–Trinajstić information content (AvgIpc) is 2.44. The Labute approximate surface area is 111 Å². The predicted octanol–water partition coefficient (Wildman–Crippen LogP) is 1.98. The molecule has 2 rings (SSSR count). The van der Waals surface area contributed by atoms with Gasteiger partial charge in [0.1, 0.15) is 5.75 Å². The lowest BCUT2D eigenvalue weighted by atomic mass is 9.88. The fourth-order valence-electron chi connectivity index (χ4n) is 2.28. The number of rotatable bonds is 4. The van der Waals surface area contributed by atoms with E-state index in [-0.39, 0.29) is 0 Å². The minimum absolute atomic E-state index is 0.380. The number of carbonyl (C=O) groups is 1. The zero-order valence-corrected chi connectivity index (χ0v) is 11.1. The van der Waals surface area contributed by atoms with Crippen molar-refractivity contribution in [2.75, 3.05) is 21.3 Å². The topological polar surface area (TPSA) is 65.0 Å². The van der Waals surface area contributed by atoms with Crippen molar-refractivity contribution in [2.24, 2.45) is 5.92 Å². The molecule has 0 bridgehead atoms. The normalized spacial score (nSPS) is 16.7. The van der Waals surface area contributed by atoms with Crippen molar-refractivity contribution < 1.29 is 24.1 Å². The van der Waals surface area contributed by atoms with E-state index in [1.54, 1.807) is 39.5 Å². The third-order valence-electron chi connectivity index (χ3n) is 3.23. The molecular formula is C14H16O5. The molecular weight excluding hydrogens is 248 g/mol. The van der Waals surface area contributed by atoms with Crippen LogP contribution in [0.2, 0.25) is 0 Å². The van der Waals surface area contributed by atoms with Gasteiger partial charge >= 0.3 is 5.97 Å². The van der Waals surface area contributed by atoms with Gasteiger partial charge < -0.3 is 19.3 Å². The first-order valence-corrected chi connectivity index (χ1v) is 5.85. The first-order chi connectivity index (χ1) is 9.12. The van der Waals surface area contributed by atoms with Gasteiger partial charge in [0.15, 0.2) is 11.5 Å². The van der Waals surface area contributed by atoms with Crippen molar-refractivity contribution in [3.8, 4) is 17.2 Å². The van der Waals surface area contributed by atoms with Gasteiger partial charge in [-0.3, -0.25) is 4.79 Å². The van der Waals surface area contributed by atoms with E-state index in [9.17, 15) is 4.79 Å². The second-order valence-corrected chi connectivity index (χ2v) is 4.21. The molecule has 0 spiro atoms. The molecule has 0 saturated heterocycles. The summed E-state index contributed by atoms with van der Waals surface area (Å²) >= 11 is 0. The third-order valence-corrected chi connectivity index (χ3v) is 3.23. The maximum Gasteiger partial charge on any atom is 0.310 e. The molecule has 0 aromatic heterocycles. The number of carboxylic acids is 1. The van der Waals surface area contributed by atoms with Gasteiger partial charge in [0, 0.05) is 17.2 Å². The van der Waals surface area contributed by atoms with Crippen LogP contribution in [0.15, 0.2) is 12.1 Å². The van der Waals surface area contributed by atoms with Crippen LogP contribution >= 0.6 is 0 Å². The number of hydrogen-bond donors (Lipinski definition) is 1. The average molecular weight is 264 g/mol. The van der Waals surface area contributed by atoms with Gasteiger partial charge in [-0.15, -0.1) is 0 Å². The Morgan fingerprint density at radius 1 is 1.21 bits per heavy atom. The van der Waals surface area contributed by atoms with Crippen LogP contribution in [0, 0.1) is 5.92 Å². The quantitative estimate of drug-likeness (QED) is 0.900. The SMILES string of the molecule is COc1cc(OC)c(OC)c2c1CC(C(=O)O)C=C2. The van der Waals surface area contributed by atoms with E-state index in [0.29, 0.717) is 23.7 Å². The molecule has 19 heavy (non-hydrogen) atoms. The molecule has 0 heterocycles. The molecule has 1 atom stereocenters. The molecule has 0 aliphatic heterocycles. The Balaban J connectivity index is 2.60. The summed E-state index contributed by atoms with van der Waals surface area (Å²) in [6, 6.07) is 1.72. The Bertz CT molecular complexity index is 533. The molecule has 1 aromatic rings. The standard InChI is InChI=1S/C14H16O5/c1-17-11-7-12(18-2)13(19-3)9-5-4-8(14(15)16)6-10(9)11/h4-5,7-8H,6H2,1-3H3,(H,15,16). The maximum absolute atomic E-state index is 11.1. The molecule has 0 amide bonds. The summed E-state index contributed by atoms with van der Waals surface area (Å²) in [4.78, 5) is 11.1. The van der Waals surface area contributed by atoms with E-state index >= 15 is 0 Å². The first-order valence-electron chi connectivity index (χ1n) is 5.85. The van der Waals surface area contributed by atoms with Crippen molar-refractivity contribution in [1.82, 2.24) is 0 Å². The lowest BCUT2D eigenvalue weighted by molar-refractivity contribution is -0.140. The highest BCUT2D eigenvalue weighted by Gasteiger charge is 2.27. The second kappa shape index (κ2) is 5.22. The van der Waals surface area contributed by atoms with Crippen LogP contribution in [0.1, 0.15) is 11.1 Å². The summed E-state index contributed by atoms with van der Waals surface area (Å²) in [6.45, 7) is 0. The number of ether oxygens (including phenoxy) is 3. The van der Waals surface area contributed by atoms with Gasteiger partial charge in [-0.25, -0.2) is 0 Å². The van der Waals surface area contributed by atoms with E-state index in [2.05, 4.69) is 0 Å². The number of benzene rings is 1.